The molecule has 2 aliphatic heterocycles. The molecule has 0 radical (unpaired) electrons. The molecule has 0 aliphatic carbocycles. The first-order valence-corrected chi connectivity index (χ1v) is 7.93. The van der Waals surface area contributed by atoms with Crippen molar-refractivity contribution in [1.29, 1.82) is 0 Å². The Morgan fingerprint density at radius 3 is 2.42 bits per heavy atom. The zero-order chi connectivity index (χ0) is 17.9. The number of esters is 1. The van der Waals surface area contributed by atoms with Crippen molar-refractivity contribution in [2.45, 2.75) is 5.60 Å². The number of aromatic hydroxyl groups is 1. The number of carbonyl (C=O) groups is 1. The Morgan fingerprint density at radius 2 is 1.62 bits per heavy atom. The Labute approximate surface area is 147 Å². The summed E-state index contributed by atoms with van der Waals surface area (Å²) in [5.41, 5.74) is 1.19. The number of rotatable bonds is 1. The fourth-order valence-electron chi connectivity index (χ4n) is 3.70. The highest BCUT2D eigenvalue weighted by atomic mass is 17.1. The first kappa shape index (κ1) is 14.8. The molecule has 6 nitrogen and oxygen atoms in total. The van der Waals surface area contributed by atoms with Crippen molar-refractivity contribution >= 4 is 5.97 Å². The van der Waals surface area contributed by atoms with Crippen LogP contribution in [0.3, 0.4) is 0 Å². The minimum absolute atomic E-state index is 0.0227. The lowest BCUT2D eigenvalue weighted by atomic mass is 9.77. The van der Waals surface area contributed by atoms with E-state index in [0.29, 0.717) is 33.8 Å². The molecular formula is C20H12O6. The quantitative estimate of drug-likeness (QED) is 0.395. The van der Waals surface area contributed by atoms with Gasteiger partial charge in [0.25, 0.3) is 0 Å². The Bertz CT molecular complexity index is 1070. The van der Waals surface area contributed by atoms with Crippen molar-refractivity contribution in [2.75, 3.05) is 0 Å². The van der Waals surface area contributed by atoms with Crippen LogP contribution in [-0.4, -0.2) is 16.3 Å². The molecule has 1 spiro atoms. The molecule has 2 aliphatic rings. The maximum atomic E-state index is 12.6. The summed E-state index contributed by atoms with van der Waals surface area (Å²) in [4.78, 5) is 16.9. The van der Waals surface area contributed by atoms with Crippen LogP contribution >= 0.6 is 0 Å². The van der Waals surface area contributed by atoms with Crippen LogP contribution in [0.25, 0.3) is 0 Å². The van der Waals surface area contributed by atoms with Crippen molar-refractivity contribution < 1.29 is 29.5 Å². The summed E-state index contributed by atoms with van der Waals surface area (Å²) in [5.74, 6) is 0.487. The molecular weight excluding hydrogens is 336 g/mol. The highest BCUT2D eigenvalue weighted by Gasteiger charge is 2.53. The monoisotopic (exact) mass is 348 g/mol. The molecule has 3 aromatic rings. The topological polar surface area (TPSA) is 85.2 Å². The summed E-state index contributed by atoms with van der Waals surface area (Å²) in [6.07, 6.45) is 0. The number of hydrogen-bond acceptors (Lipinski definition) is 6. The second kappa shape index (κ2) is 5.00. The average Bonchev–Trinajstić information content (AvgIpc) is 2.95. The molecule has 0 aromatic heterocycles. The number of ether oxygens (including phenoxy) is 2. The number of fused-ring (bicyclic) bond motifs is 6. The highest BCUT2D eigenvalue weighted by Crippen LogP contribution is 2.56. The van der Waals surface area contributed by atoms with Crippen LogP contribution < -0.4 is 9.62 Å². The lowest BCUT2D eigenvalue weighted by Crippen LogP contribution is -2.32. The summed E-state index contributed by atoms with van der Waals surface area (Å²) in [7, 11) is 0. The Kier molecular flexibility index (Phi) is 2.84. The predicted molar refractivity (Wildman–Crippen MR) is 89.6 cm³/mol. The third-order valence-electron chi connectivity index (χ3n) is 4.77. The maximum absolute atomic E-state index is 12.6. The molecule has 6 heteroatoms. The van der Waals surface area contributed by atoms with Crippen LogP contribution in [0, 0.1) is 0 Å². The fraction of sp³-hybridized carbons (Fsp3) is 0.0500. The average molecular weight is 348 g/mol. The third-order valence-corrected chi connectivity index (χ3v) is 4.77. The van der Waals surface area contributed by atoms with Gasteiger partial charge in [-0.05, 0) is 30.3 Å². The van der Waals surface area contributed by atoms with E-state index in [0.717, 1.165) is 0 Å². The molecule has 26 heavy (non-hydrogen) atoms. The van der Waals surface area contributed by atoms with E-state index >= 15 is 0 Å². The van der Waals surface area contributed by atoms with Crippen LogP contribution in [0.15, 0.2) is 60.7 Å². The van der Waals surface area contributed by atoms with Crippen molar-refractivity contribution in [3.05, 3.63) is 82.9 Å². The van der Waals surface area contributed by atoms with Gasteiger partial charge in [0, 0.05) is 28.8 Å². The van der Waals surface area contributed by atoms with E-state index in [4.69, 9.17) is 14.7 Å². The van der Waals surface area contributed by atoms with E-state index in [1.807, 2.05) is 12.1 Å². The molecule has 0 saturated carbocycles. The second-order valence-electron chi connectivity index (χ2n) is 6.15. The Morgan fingerprint density at radius 1 is 0.885 bits per heavy atom. The van der Waals surface area contributed by atoms with E-state index in [1.54, 1.807) is 30.3 Å². The lowest BCUT2D eigenvalue weighted by molar-refractivity contribution is -0.137. The number of phenols is 1. The Hall–Kier alpha value is -3.51. The predicted octanol–water partition coefficient (Wildman–Crippen LogP) is 3.81. The smallest absolute Gasteiger partial charge is 0.340 e. The molecule has 1 atom stereocenters. The Balaban J connectivity index is 1.88. The van der Waals surface area contributed by atoms with Crippen molar-refractivity contribution in [3.8, 4) is 23.0 Å². The van der Waals surface area contributed by atoms with Crippen LogP contribution in [-0.2, 0) is 10.3 Å². The molecule has 2 N–H and O–H groups in total. The largest absolute Gasteiger partial charge is 0.508 e. The van der Waals surface area contributed by atoms with E-state index in [9.17, 15) is 9.90 Å². The van der Waals surface area contributed by atoms with Gasteiger partial charge in [0.2, 0.25) is 0 Å². The number of hydrogen-bond donors (Lipinski definition) is 2. The molecule has 0 bridgehead atoms. The zero-order valence-electron chi connectivity index (χ0n) is 13.3. The third kappa shape index (κ3) is 1.76. The van der Waals surface area contributed by atoms with Gasteiger partial charge in [-0.1, -0.05) is 18.2 Å². The highest BCUT2D eigenvalue weighted by molar-refractivity contribution is 5.97. The first-order valence-electron chi connectivity index (χ1n) is 7.93. The number of phenolic OH excluding ortho intramolecular Hbond substituents is 1. The van der Waals surface area contributed by atoms with Crippen molar-refractivity contribution in [3.63, 3.8) is 0 Å². The van der Waals surface area contributed by atoms with Crippen LogP contribution in [0.1, 0.15) is 27.0 Å². The van der Waals surface area contributed by atoms with Gasteiger partial charge in [-0.25, -0.2) is 10.1 Å². The van der Waals surface area contributed by atoms with Gasteiger partial charge < -0.3 is 19.5 Å². The number of benzene rings is 3. The van der Waals surface area contributed by atoms with E-state index < -0.39 is 11.6 Å². The lowest BCUT2D eigenvalue weighted by Gasteiger charge is -2.36. The summed E-state index contributed by atoms with van der Waals surface area (Å²) < 4.78 is 11.8. The summed E-state index contributed by atoms with van der Waals surface area (Å²) in [6, 6.07) is 16.6. The second-order valence-corrected chi connectivity index (χ2v) is 6.15. The molecule has 0 saturated heterocycles. The van der Waals surface area contributed by atoms with Crippen LogP contribution in [0.5, 0.6) is 23.0 Å². The van der Waals surface area contributed by atoms with Crippen LogP contribution in [0.2, 0.25) is 0 Å². The maximum Gasteiger partial charge on any atom is 0.340 e. The molecule has 0 amide bonds. The minimum Gasteiger partial charge on any atom is -0.508 e. The standard InChI is InChI=1S/C20H12O6/c21-11-5-7-15-17(9-11)24-18-10-12(26-23)6-8-16(18)20(15)14-4-2-1-3-13(14)19(22)25-20/h1-10,21,23H. The van der Waals surface area contributed by atoms with Crippen molar-refractivity contribution in [1.82, 2.24) is 0 Å². The van der Waals surface area contributed by atoms with Gasteiger partial charge >= 0.3 is 5.97 Å². The molecule has 128 valence electrons. The van der Waals surface area contributed by atoms with E-state index in [-0.39, 0.29) is 11.5 Å². The van der Waals surface area contributed by atoms with Gasteiger partial charge in [-0.15, -0.1) is 0 Å². The molecule has 0 fully saturated rings. The van der Waals surface area contributed by atoms with Crippen molar-refractivity contribution in [2.24, 2.45) is 0 Å². The van der Waals surface area contributed by atoms with E-state index in [1.165, 1.54) is 18.2 Å². The van der Waals surface area contributed by atoms with Gasteiger partial charge in [-0.2, -0.15) is 0 Å². The van der Waals surface area contributed by atoms with Gasteiger partial charge in [0.1, 0.15) is 17.2 Å². The van der Waals surface area contributed by atoms with Crippen LogP contribution in [0.4, 0.5) is 0 Å². The van der Waals surface area contributed by atoms with Gasteiger partial charge in [0.15, 0.2) is 11.4 Å². The normalized spacial score (nSPS) is 19.2. The number of carbonyl (C=O) groups excluding carboxylic acids is 1. The summed E-state index contributed by atoms with van der Waals surface area (Å²) in [5, 5.41) is 18.8. The SMILES string of the molecule is O=C1OC2(c3ccc(O)cc3Oc3cc(OO)ccc32)c2ccccc21. The molecule has 3 aromatic carbocycles. The van der Waals surface area contributed by atoms with E-state index in [2.05, 4.69) is 4.89 Å². The summed E-state index contributed by atoms with van der Waals surface area (Å²) in [6.45, 7) is 0. The zero-order valence-corrected chi connectivity index (χ0v) is 13.3. The molecule has 2 heterocycles. The minimum atomic E-state index is -1.20. The van der Waals surface area contributed by atoms with Gasteiger partial charge in [-0.3, -0.25) is 0 Å². The fourth-order valence-corrected chi connectivity index (χ4v) is 3.70. The summed E-state index contributed by atoms with van der Waals surface area (Å²) >= 11 is 0. The van der Waals surface area contributed by atoms with Gasteiger partial charge in [0.05, 0.1) is 5.56 Å². The molecule has 1 unspecified atom stereocenters. The first-order chi connectivity index (χ1) is 12.6. The molecule has 5 rings (SSSR count).